The molecule has 0 aromatic heterocycles. The van der Waals surface area contributed by atoms with E-state index in [2.05, 4.69) is 84.1 Å². The Balaban J connectivity index is 0.00000133. The molecule has 3 aromatic carbocycles. The minimum atomic E-state index is 0. The van der Waals surface area contributed by atoms with Crippen molar-refractivity contribution in [1.29, 1.82) is 0 Å². The van der Waals surface area contributed by atoms with E-state index in [1.807, 2.05) is 0 Å². The van der Waals surface area contributed by atoms with Gasteiger partial charge in [0.2, 0.25) is 0 Å². The summed E-state index contributed by atoms with van der Waals surface area (Å²) in [5.74, 6) is 0. The third kappa shape index (κ3) is 1.97. The fourth-order valence-electron chi connectivity index (χ4n) is 2.40. The van der Waals surface area contributed by atoms with Crippen LogP contribution in [-0.4, -0.2) is 16.5 Å². The van der Waals surface area contributed by atoms with E-state index in [1.165, 1.54) is 31.9 Å². The summed E-state index contributed by atoms with van der Waals surface area (Å²) in [7, 11) is 0. The summed E-state index contributed by atoms with van der Waals surface area (Å²) in [5.41, 5.74) is 4.01. The van der Waals surface area contributed by atoms with Gasteiger partial charge in [0.1, 0.15) is 0 Å². The van der Waals surface area contributed by atoms with Gasteiger partial charge in [-0.2, -0.15) is 0 Å². The van der Waals surface area contributed by atoms with Crippen molar-refractivity contribution in [3.63, 3.8) is 0 Å². The summed E-state index contributed by atoms with van der Waals surface area (Å²) in [6, 6.07) is 21.7. The maximum absolute atomic E-state index is 2.28. The molecule has 0 aliphatic heterocycles. The van der Waals surface area contributed by atoms with E-state index in [9.17, 15) is 0 Å². The fraction of sp³-hybridized carbons (Fsp3) is 0.0588. The molecule has 0 spiro atoms. The van der Waals surface area contributed by atoms with Crippen LogP contribution in [0.4, 0.5) is 0 Å². The summed E-state index contributed by atoms with van der Waals surface area (Å²) in [6.45, 7) is 2.18. The zero-order chi connectivity index (χ0) is 12.5. The molecule has 0 heterocycles. The second kappa shape index (κ2) is 4.62. The predicted octanol–water partition coefficient (Wildman–Crippen LogP) is 3.72. The van der Waals surface area contributed by atoms with Crippen molar-refractivity contribution >= 4 is 31.7 Å². The van der Waals surface area contributed by atoms with Gasteiger partial charge in [-0.3, -0.25) is 0 Å². The van der Waals surface area contributed by atoms with Crippen LogP contribution in [0, 0.1) is 6.92 Å². The number of aryl methyl sites for hydroxylation is 1. The molecule has 3 rings (SSSR count). The normalized spacial score (nSPS) is 10.8. The van der Waals surface area contributed by atoms with Crippen molar-refractivity contribution < 1.29 is 1.43 Å². The van der Waals surface area contributed by atoms with Crippen LogP contribution < -0.4 is 4.40 Å². The molecule has 0 aliphatic carbocycles. The Labute approximate surface area is 117 Å². The Morgan fingerprint density at radius 1 is 0.833 bits per heavy atom. The summed E-state index contributed by atoms with van der Waals surface area (Å²) in [5, 5.41) is 2.60. The summed E-state index contributed by atoms with van der Waals surface area (Å²) in [4.78, 5) is 0. The van der Waals surface area contributed by atoms with Crippen molar-refractivity contribution in [2.75, 3.05) is 0 Å². The van der Waals surface area contributed by atoms with Crippen LogP contribution >= 0.6 is 0 Å². The molecule has 0 fully saturated rings. The first-order chi connectivity index (χ1) is 8.75. The van der Waals surface area contributed by atoms with Crippen molar-refractivity contribution in [3.8, 4) is 11.1 Å². The molecule has 18 heavy (non-hydrogen) atoms. The number of fused-ring (bicyclic) bond motifs is 1. The van der Waals surface area contributed by atoms with E-state index < -0.39 is 0 Å². The van der Waals surface area contributed by atoms with E-state index in [4.69, 9.17) is 0 Å². The maximum atomic E-state index is 2.28. The Morgan fingerprint density at radius 2 is 1.61 bits per heavy atom. The SMILES string of the molecule is Cc1ccc[c]([Ge])c1-c1ccc2ccccc2c1.[H-]. The minimum Gasteiger partial charge on any atom is -1.00 e. The van der Waals surface area contributed by atoms with Gasteiger partial charge in [-0.1, -0.05) is 0 Å². The van der Waals surface area contributed by atoms with Gasteiger partial charge in [0, 0.05) is 0 Å². The van der Waals surface area contributed by atoms with E-state index in [-0.39, 0.29) is 1.43 Å². The van der Waals surface area contributed by atoms with Gasteiger partial charge >= 0.3 is 116 Å². The van der Waals surface area contributed by atoms with Gasteiger partial charge in [0.25, 0.3) is 0 Å². The molecular weight excluding hydrogens is 277 g/mol. The van der Waals surface area contributed by atoms with Crippen molar-refractivity contribution in [1.82, 2.24) is 0 Å². The van der Waals surface area contributed by atoms with Gasteiger partial charge in [-0.25, -0.2) is 0 Å². The zero-order valence-electron chi connectivity index (χ0n) is 11.3. The molecule has 0 nitrogen and oxygen atoms in total. The van der Waals surface area contributed by atoms with Gasteiger partial charge < -0.3 is 1.43 Å². The standard InChI is InChI=1S/C17H13Ge.H/c1-12-5-4-8-16(18)17(12)15-10-9-13-6-2-3-7-14(13)11-15;/h2-11H,1H3;/q;-1. The molecule has 0 unspecified atom stereocenters. The third-order valence-corrected chi connectivity index (χ3v) is 4.19. The Kier molecular flexibility index (Phi) is 2.96. The first-order valence-electron chi connectivity index (χ1n) is 6.06. The molecule has 3 aromatic rings. The first-order valence-corrected chi connectivity index (χ1v) is 7.11. The topological polar surface area (TPSA) is 0 Å². The molecular formula is C17H14Ge-. The molecule has 0 bridgehead atoms. The van der Waals surface area contributed by atoms with Crippen LogP contribution in [-0.2, 0) is 0 Å². The largest absolute Gasteiger partial charge is 1.00 e. The van der Waals surface area contributed by atoms with E-state index in [0.29, 0.717) is 0 Å². The second-order valence-electron chi connectivity index (χ2n) is 4.56. The maximum Gasteiger partial charge on any atom is -1.00 e. The van der Waals surface area contributed by atoms with Crippen LogP contribution in [0.3, 0.4) is 0 Å². The number of hydrogen-bond donors (Lipinski definition) is 0. The van der Waals surface area contributed by atoms with E-state index in [1.54, 1.807) is 0 Å². The smallest absolute Gasteiger partial charge is 1.00 e. The molecule has 87 valence electrons. The van der Waals surface area contributed by atoms with Crippen LogP contribution in [0.5, 0.6) is 0 Å². The van der Waals surface area contributed by atoms with Crippen LogP contribution in [0.15, 0.2) is 60.7 Å². The third-order valence-electron chi connectivity index (χ3n) is 3.31. The quantitative estimate of drug-likeness (QED) is 0.599. The van der Waals surface area contributed by atoms with Gasteiger partial charge in [-0.05, 0) is 0 Å². The summed E-state index contributed by atoms with van der Waals surface area (Å²) < 4.78 is 1.34. The molecule has 0 amide bonds. The van der Waals surface area contributed by atoms with E-state index >= 15 is 0 Å². The average Bonchev–Trinajstić information content (AvgIpc) is 2.38. The molecule has 0 saturated heterocycles. The number of rotatable bonds is 1. The van der Waals surface area contributed by atoms with Gasteiger partial charge in [0.05, 0.1) is 0 Å². The van der Waals surface area contributed by atoms with Gasteiger partial charge in [-0.15, -0.1) is 0 Å². The minimum absolute atomic E-state index is 0. The van der Waals surface area contributed by atoms with Crippen LogP contribution in [0.25, 0.3) is 21.9 Å². The van der Waals surface area contributed by atoms with Crippen molar-refractivity contribution in [2.45, 2.75) is 6.92 Å². The van der Waals surface area contributed by atoms with Crippen molar-refractivity contribution in [3.05, 3.63) is 66.2 Å². The Hall–Kier alpha value is -1.54. The van der Waals surface area contributed by atoms with Gasteiger partial charge in [0.15, 0.2) is 0 Å². The van der Waals surface area contributed by atoms with Crippen molar-refractivity contribution in [2.24, 2.45) is 0 Å². The average molecular weight is 291 g/mol. The molecule has 0 atom stereocenters. The monoisotopic (exact) mass is 292 g/mol. The molecule has 1 heteroatoms. The fourth-order valence-corrected chi connectivity index (χ4v) is 3.31. The Morgan fingerprint density at radius 3 is 2.39 bits per heavy atom. The molecule has 3 radical (unpaired) electrons. The molecule has 0 aliphatic rings. The molecule has 0 saturated carbocycles. The molecule has 0 N–H and O–H groups in total. The zero-order valence-corrected chi connectivity index (χ0v) is 12.4. The number of hydrogen-bond acceptors (Lipinski definition) is 0. The van der Waals surface area contributed by atoms with Crippen LogP contribution in [0.2, 0.25) is 0 Å². The first kappa shape index (κ1) is 11.5. The van der Waals surface area contributed by atoms with E-state index in [0.717, 1.165) is 0 Å². The second-order valence-corrected chi connectivity index (χ2v) is 5.69. The summed E-state index contributed by atoms with van der Waals surface area (Å²) >= 11 is 2.18. The summed E-state index contributed by atoms with van der Waals surface area (Å²) in [6.07, 6.45) is 0. The Bertz CT molecular complexity index is 699. The number of benzene rings is 3. The van der Waals surface area contributed by atoms with Crippen LogP contribution in [0.1, 0.15) is 6.99 Å². The predicted molar refractivity (Wildman–Crippen MR) is 80.6 cm³/mol.